The Kier molecular flexibility index (Phi) is 6.20. The number of carbonyl (C=O) groups excluding carboxylic acids is 3. The Morgan fingerprint density at radius 1 is 1.10 bits per heavy atom. The minimum atomic E-state index is -0.786. The molecule has 7 nitrogen and oxygen atoms in total. The number of anilines is 1. The largest absolute Gasteiger partial charge is 0.503 e. The number of esters is 1. The predicted octanol–water partition coefficient (Wildman–Crippen LogP) is 3.29. The van der Waals surface area contributed by atoms with Gasteiger partial charge >= 0.3 is 5.97 Å². The van der Waals surface area contributed by atoms with Gasteiger partial charge in [0.25, 0.3) is 5.91 Å². The van der Waals surface area contributed by atoms with Gasteiger partial charge in [0.15, 0.2) is 11.5 Å². The van der Waals surface area contributed by atoms with Crippen molar-refractivity contribution < 1.29 is 29.0 Å². The number of ketones is 1. The van der Waals surface area contributed by atoms with E-state index >= 15 is 0 Å². The van der Waals surface area contributed by atoms with Crippen LogP contribution < -0.4 is 9.64 Å². The lowest BCUT2D eigenvalue weighted by atomic mass is 9.94. The number of aliphatic hydroxyl groups is 1. The molecule has 7 heteroatoms. The van der Waals surface area contributed by atoms with Crippen LogP contribution in [0.25, 0.3) is 0 Å². The molecule has 1 aliphatic heterocycles. The summed E-state index contributed by atoms with van der Waals surface area (Å²) in [7, 11) is 2.85. The molecule has 2 aromatic rings. The number of carbonyl (C=O) groups is 3. The summed E-state index contributed by atoms with van der Waals surface area (Å²) in [6.45, 7) is 1.68. The summed E-state index contributed by atoms with van der Waals surface area (Å²) >= 11 is 0. The number of hydrogen-bond acceptors (Lipinski definition) is 6. The molecule has 0 fully saturated rings. The van der Waals surface area contributed by atoms with E-state index in [4.69, 9.17) is 4.74 Å². The van der Waals surface area contributed by atoms with Gasteiger partial charge in [0.05, 0.1) is 32.3 Å². The molecule has 0 saturated carbocycles. The van der Waals surface area contributed by atoms with Gasteiger partial charge in [-0.05, 0) is 35.4 Å². The van der Waals surface area contributed by atoms with Crippen LogP contribution >= 0.6 is 0 Å². The van der Waals surface area contributed by atoms with Gasteiger partial charge in [-0.1, -0.05) is 31.2 Å². The van der Waals surface area contributed by atoms with Crippen LogP contribution in [0.4, 0.5) is 5.69 Å². The highest BCUT2D eigenvalue weighted by Gasteiger charge is 2.43. The van der Waals surface area contributed by atoms with E-state index in [2.05, 4.69) is 4.74 Å². The second-order valence-electron chi connectivity index (χ2n) is 6.81. The Morgan fingerprint density at radius 2 is 1.80 bits per heavy atom. The molecule has 0 aliphatic carbocycles. The molecule has 0 bridgehead atoms. The van der Waals surface area contributed by atoms with Crippen LogP contribution in [0.3, 0.4) is 0 Å². The molecule has 2 aromatic carbocycles. The number of rotatable bonds is 7. The third kappa shape index (κ3) is 3.91. The normalized spacial score (nSPS) is 16.0. The number of benzene rings is 2. The molecule has 1 aliphatic rings. The Morgan fingerprint density at radius 3 is 2.40 bits per heavy atom. The lowest BCUT2D eigenvalue weighted by molar-refractivity contribution is -0.139. The number of ether oxygens (including phenoxy) is 2. The van der Waals surface area contributed by atoms with Crippen molar-refractivity contribution >= 4 is 23.3 Å². The number of nitrogens with zero attached hydrogens (tertiary/aromatic N) is 1. The van der Waals surface area contributed by atoms with E-state index in [1.807, 2.05) is 0 Å². The summed E-state index contributed by atoms with van der Waals surface area (Å²) in [6.07, 6.45) is 0.256. The highest BCUT2D eigenvalue weighted by molar-refractivity contribution is 6.16. The van der Waals surface area contributed by atoms with Crippen molar-refractivity contribution in [3.8, 4) is 5.75 Å². The summed E-state index contributed by atoms with van der Waals surface area (Å²) in [5.41, 5.74) is 1.92. The average Bonchev–Trinajstić information content (AvgIpc) is 3.04. The molecule has 0 spiro atoms. The van der Waals surface area contributed by atoms with Crippen LogP contribution in [-0.2, 0) is 25.5 Å². The maximum Gasteiger partial charge on any atom is 0.309 e. The van der Waals surface area contributed by atoms with Gasteiger partial charge in [-0.3, -0.25) is 19.3 Å². The maximum atomic E-state index is 12.9. The molecule has 1 amide bonds. The first-order chi connectivity index (χ1) is 14.4. The standard InChI is InChI=1S/C23H23NO6/c1-4-18(25)20-21(15-6-5-7-17(13-15)29-2)24(23(28)22(20)27)16-10-8-14(9-11-16)12-19(26)30-3/h5-11,13,21,27H,4,12H2,1-3H3. The van der Waals surface area contributed by atoms with Crippen molar-refractivity contribution in [1.29, 1.82) is 0 Å². The smallest absolute Gasteiger partial charge is 0.309 e. The fourth-order valence-corrected chi connectivity index (χ4v) is 3.49. The van der Waals surface area contributed by atoms with E-state index in [-0.39, 0.29) is 30.2 Å². The van der Waals surface area contributed by atoms with Crippen LogP contribution in [0, 0.1) is 0 Å². The molecule has 1 atom stereocenters. The average molecular weight is 409 g/mol. The SMILES string of the molecule is CCC(=O)C1=C(O)C(=O)N(c2ccc(CC(=O)OC)cc2)C1c1cccc(OC)c1. The Bertz CT molecular complexity index is 1010. The van der Waals surface area contributed by atoms with Crippen molar-refractivity contribution in [2.45, 2.75) is 25.8 Å². The third-order valence-electron chi connectivity index (χ3n) is 5.03. The van der Waals surface area contributed by atoms with E-state index < -0.39 is 17.7 Å². The molecule has 0 saturated heterocycles. The van der Waals surface area contributed by atoms with Crippen LogP contribution in [-0.4, -0.2) is 37.0 Å². The van der Waals surface area contributed by atoms with Crippen molar-refractivity contribution in [3.05, 3.63) is 71.0 Å². The van der Waals surface area contributed by atoms with E-state index in [1.54, 1.807) is 55.5 Å². The molecule has 3 rings (SSSR count). The summed E-state index contributed by atoms with van der Waals surface area (Å²) in [5, 5.41) is 10.5. The molecule has 156 valence electrons. The molecule has 0 radical (unpaired) electrons. The topological polar surface area (TPSA) is 93.1 Å². The van der Waals surface area contributed by atoms with Crippen molar-refractivity contribution in [2.75, 3.05) is 19.1 Å². The summed E-state index contributed by atoms with van der Waals surface area (Å²) in [4.78, 5) is 38.4. The molecule has 1 unspecified atom stereocenters. The fraction of sp³-hybridized carbons (Fsp3) is 0.261. The van der Waals surface area contributed by atoms with Gasteiger partial charge in [0.1, 0.15) is 5.75 Å². The van der Waals surface area contributed by atoms with Gasteiger partial charge < -0.3 is 14.6 Å². The lowest BCUT2D eigenvalue weighted by Gasteiger charge is -2.27. The van der Waals surface area contributed by atoms with Gasteiger partial charge in [-0.25, -0.2) is 0 Å². The third-order valence-corrected chi connectivity index (χ3v) is 5.03. The van der Waals surface area contributed by atoms with Crippen molar-refractivity contribution in [1.82, 2.24) is 0 Å². The number of Topliss-reactive ketones (excluding diaryl/α,β-unsaturated/α-hetero) is 1. The molecule has 0 aromatic heterocycles. The molecular formula is C23H23NO6. The van der Waals surface area contributed by atoms with Crippen LogP contribution in [0.5, 0.6) is 5.75 Å². The highest BCUT2D eigenvalue weighted by Crippen LogP contribution is 2.42. The second-order valence-corrected chi connectivity index (χ2v) is 6.81. The van der Waals surface area contributed by atoms with Crippen LogP contribution in [0.2, 0.25) is 0 Å². The van der Waals surface area contributed by atoms with Crippen molar-refractivity contribution in [3.63, 3.8) is 0 Å². The van der Waals surface area contributed by atoms with E-state index in [0.717, 1.165) is 5.56 Å². The molecule has 30 heavy (non-hydrogen) atoms. The fourth-order valence-electron chi connectivity index (χ4n) is 3.49. The Balaban J connectivity index is 2.06. The zero-order valence-corrected chi connectivity index (χ0v) is 17.0. The highest BCUT2D eigenvalue weighted by atomic mass is 16.5. The first-order valence-electron chi connectivity index (χ1n) is 9.50. The number of methoxy groups -OCH3 is 2. The van der Waals surface area contributed by atoms with Gasteiger partial charge in [0.2, 0.25) is 0 Å². The molecule has 1 heterocycles. The summed E-state index contributed by atoms with van der Waals surface area (Å²) in [6, 6.07) is 13.0. The second kappa shape index (κ2) is 8.82. The molecule has 1 N–H and O–H groups in total. The maximum absolute atomic E-state index is 12.9. The zero-order chi connectivity index (χ0) is 21.8. The van der Waals surface area contributed by atoms with Crippen molar-refractivity contribution in [2.24, 2.45) is 0 Å². The number of hydrogen-bond donors (Lipinski definition) is 1. The van der Waals surface area contributed by atoms with Gasteiger partial charge in [-0.2, -0.15) is 0 Å². The van der Waals surface area contributed by atoms with E-state index in [9.17, 15) is 19.5 Å². The first-order valence-corrected chi connectivity index (χ1v) is 9.50. The zero-order valence-electron chi connectivity index (χ0n) is 17.0. The van der Waals surface area contributed by atoms with Gasteiger partial charge in [-0.15, -0.1) is 0 Å². The van der Waals surface area contributed by atoms with E-state index in [1.165, 1.54) is 19.1 Å². The van der Waals surface area contributed by atoms with Crippen LogP contribution in [0.1, 0.15) is 30.5 Å². The Labute approximate surface area is 174 Å². The lowest BCUT2D eigenvalue weighted by Crippen LogP contribution is -2.31. The first kappa shape index (κ1) is 21.1. The number of amides is 1. The number of aliphatic hydroxyl groups excluding tert-OH is 1. The predicted molar refractivity (Wildman–Crippen MR) is 110 cm³/mol. The minimum Gasteiger partial charge on any atom is -0.503 e. The summed E-state index contributed by atoms with van der Waals surface area (Å²) in [5.74, 6) is -1.31. The van der Waals surface area contributed by atoms with E-state index in [0.29, 0.717) is 17.0 Å². The quantitative estimate of drug-likeness (QED) is 0.706. The summed E-state index contributed by atoms with van der Waals surface area (Å²) < 4.78 is 9.96. The van der Waals surface area contributed by atoms with Crippen LogP contribution in [0.15, 0.2) is 59.9 Å². The monoisotopic (exact) mass is 409 g/mol. The minimum absolute atomic E-state index is 0.0643. The Hall–Kier alpha value is -3.61. The van der Waals surface area contributed by atoms with Gasteiger partial charge in [0, 0.05) is 12.1 Å². The molecular weight excluding hydrogens is 386 g/mol.